The molecule has 1 aromatic heterocycles. The van der Waals surface area contributed by atoms with Gasteiger partial charge in [0, 0.05) is 44.4 Å². The molecule has 0 radical (unpaired) electrons. The first-order valence-corrected chi connectivity index (χ1v) is 23.2. The van der Waals surface area contributed by atoms with E-state index in [9.17, 15) is 50.9 Å². The number of carboxylic acid groups (broad SMARTS) is 1. The predicted octanol–water partition coefficient (Wildman–Crippen LogP) is 3.85. The van der Waals surface area contributed by atoms with Gasteiger partial charge < -0.3 is 64.4 Å². The zero-order valence-electron chi connectivity index (χ0n) is 37.8. The maximum Gasteiger partial charge on any atom is 0.335 e. The lowest BCUT2D eigenvalue weighted by Crippen LogP contribution is -2.70. The van der Waals surface area contributed by atoms with Crippen molar-refractivity contribution in [1.82, 2.24) is 4.57 Å². The number of aromatic carboxylic acids is 1. The molecular weight excluding hydrogens is 861 g/mol. The number of hydrogen-bond donors (Lipinski definition) is 8. The lowest BCUT2D eigenvalue weighted by atomic mass is 9.67. The minimum atomic E-state index is -2.35. The molecule has 1 saturated carbocycles. The van der Waals surface area contributed by atoms with Crippen LogP contribution in [0.5, 0.6) is 5.75 Å². The summed E-state index contributed by atoms with van der Waals surface area (Å²) >= 11 is 0. The normalized spacial score (nSPS) is 32.3. The van der Waals surface area contributed by atoms with Gasteiger partial charge in [-0.2, -0.15) is 5.26 Å². The first-order valence-electron chi connectivity index (χ1n) is 23.2. The third-order valence-corrected chi connectivity index (χ3v) is 14.5. The number of carboxylic acids is 1. The number of rotatable bonds is 18. The Bertz CT molecular complexity index is 2300. The van der Waals surface area contributed by atoms with Gasteiger partial charge in [0.25, 0.3) is 0 Å². The Hall–Kier alpha value is -5.04. The van der Waals surface area contributed by atoms with Gasteiger partial charge in [0.1, 0.15) is 42.3 Å². The topological polar surface area (TPSA) is 245 Å². The number of benzene rings is 2. The highest BCUT2D eigenvalue weighted by molar-refractivity contribution is 5.87. The second-order valence-electron chi connectivity index (χ2n) is 18.9. The molecule has 4 heterocycles. The van der Waals surface area contributed by atoms with Crippen LogP contribution in [0.15, 0.2) is 85.7 Å². The van der Waals surface area contributed by atoms with Crippen molar-refractivity contribution in [3.8, 4) is 23.8 Å². The fraction of sp³-hybridized carbons (Fsp3) is 0.538. The Kier molecular flexibility index (Phi) is 16.3. The van der Waals surface area contributed by atoms with E-state index in [0.717, 1.165) is 16.7 Å². The summed E-state index contributed by atoms with van der Waals surface area (Å²) in [5, 5.41) is 100. The van der Waals surface area contributed by atoms with Crippen LogP contribution >= 0.6 is 0 Å². The van der Waals surface area contributed by atoms with Crippen LogP contribution in [0.1, 0.15) is 83.6 Å². The van der Waals surface area contributed by atoms with Gasteiger partial charge in [-0.15, -0.1) is 6.58 Å². The molecule has 15 nitrogen and oxygen atoms in total. The zero-order valence-corrected chi connectivity index (χ0v) is 37.8. The van der Waals surface area contributed by atoms with Crippen LogP contribution in [0.2, 0.25) is 0 Å². The molecule has 1 saturated heterocycles. The van der Waals surface area contributed by atoms with E-state index < -0.39 is 71.9 Å². The summed E-state index contributed by atoms with van der Waals surface area (Å²) < 4.78 is 26.5. The predicted molar refractivity (Wildman–Crippen MR) is 244 cm³/mol. The Morgan fingerprint density at radius 1 is 1.07 bits per heavy atom. The Balaban J connectivity index is 1.20. The fourth-order valence-corrected chi connectivity index (χ4v) is 11.0. The largest absolute Gasteiger partial charge is 0.478 e. The summed E-state index contributed by atoms with van der Waals surface area (Å²) in [7, 11) is 1.57. The van der Waals surface area contributed by atoms with Gasteiger partial charge in [-0.1, -0.05) is 42.3 Å². The number of methoxy groups -OCH3 is 1. The molecule has 0 amide bonds. The minimum Gasteiger partial charge on any atom is -0.478 e. The van der Waals surface area contributed by atoms with Crippen molar-refractivity contribution in [2.45, 2.75) is 118 Å². The summed E-state index contributed by atoms with van der Waals surface area (Å²) in [5.41, 5.74) is -0.184. The second-order valence-corrected chi connectivity index (χ2v) is 18.9. The van der Waals surface area contributed by atoms with Crippen molar-refractivity contribution < 1.29 is 64.6 Å². The van der Waals surface area contributed by atoms with Crippen LogP contribution in [0, 0.1) is 52.9 Å². The molecule has 2 bridgehead atoms. The Morgan fingerprint density at radius 2 is 1.87 bits per heavy atom. The summed E-state index contributed by atoms with van der Waals surface area (Å²) in [4.78, 5) is 11.4. The van der Waals surface area contributed by atoms with Crippen LogP contribution in [-0.4, -0.2) is 126 Å². The Labute approximate surface area is 391 Å². The molecule has 3 aromatic rings. The highest BCUT2D eigenvalue weighted by Crippen LogP contribution is 2.51. The first kappa shape index (κ1) is 49.9. The van der Waals surface area contributed by atoms with E-state index in [4.69, 9.17) is 18.9 Å². The smallest absolute Gasteiger partial charge is 0.335 e. The van der Waals surface area contributed by atoms with Crippen molar-refractivity contribution in [2.24, 2.45) is 29.6 Å². The molecule has 14 atom stereocenters. The van der Waals surface area contributed by atoms with Crippen molar-refractivity contribution in [3.05, 3.63) is 114 Å². The summed E-state index contributed by atoms with van der Waals surface area (Å²) in [6.07, 6.45) is 5.96. The monoisotopic (exact) mass is 924 g/mol. The number of fused-ring (bicyclic) bond motifs is 9. The van der Waals surface area contributed by atoms with Crippen molar-refractivity contribution >= 4 is 5.97 Å². The van der Waals surface area contributed by atoms with E-state index in [1.165, 1.54) is 0 Å². The van der Waals surface area contributed by atoms with Gasteiger partial charge in [-0.05, 0) is 123 Å². The molecule has 0 unspecified atom stereocenters. The van der Waals surface area contributed by atoms with Gasteiger partial charge in [0.15, 0.2) is 5.60 Å². The molecule has 2 aliphatic carbocycles. The van der Waals surface area contributed by atoms with E-state index >= 15 is 0 Å². The maximum atomic E-state index is 12.9. The van der Waals surface area contributed by atoms with E-state index in [1.807, 2.05) is 18.2 Å². The lowest BCUT2D eigenvalue weighted by molar-refractivity contribution is -0.334. The third kappa shape index (κ3) is 11.1. The van der Waals surface area contributed by atoms with E-state index in [1.54, 1.807) is 72.6 Å². The molecule has 3 aliphatic heterocycles. The van der Waals surface area contributed by atoms with Gasteiger partial charge in [-0.3, -0.25) is 0 Å². The number of aliphatic hydroxyl groups is 7. The second kappa shape index (κ2) is 21.9. The number of aliphatic hydroxyl groups excluding tert-OH is 5. The van der Waals surface area contributed by atoms with Crippen LogP contribution in [0.25, 0.3) is 0 Å². The molecule has 8 rings (SSSR count). The number of nitriles is 1. The van der Waals surface area contributed by atoms with Crippen LogP contribution < -0.4 is 4.74 Å². The fourth-order valence-electron chi connectivity index (χ4n) is 11.0. The summed E-state index contributed by atoms with van der Waals surface area (Å²) in [6, 6.07) is 15.4. The number of aromatic nitrogens is 1. The first-order chi connectivity index (χ1) is 32.2. The summed E-state index contributed by atoms with van der Waals surface area (Å²) in [6.45, 7) is 3.77. The summed E-state index contributed by atoms with van der Waals surface area (Å²) in [5.74, 6) is 0.390. The molecule has 15 heteroatoms. The number of allylic oxidation sites excluding steroid dienone is 2. The highest BCUT2D eigenvalue weighted by Gasteiger charge is 2.60. The van der Waals surface area contributed by atoms with Crippen molar-refractivity contribution in [1.29, 1.82) is 5.26 Å². The average Bonchev–Trinajstić information content (AvgIpc) is 3.92. The standard InChI is InChI=1S/C52H64N2O13/c1-3-6-35-14-16-41(24-38(35)23-39(31-64-2)43(30-56)54-18-17-33(28-53)29-54)66-50-52(63)27-42(44(57)7-5-20-65-45(8-4-19-55)47(67-50)46(58)48(52)59)37-13-15-40-22-34(25-51(40,62)26-37)21-32-9-11-36(12-10-32)49(60)61/h3,9-18,24,29,34,37,39-40,42-48,50,55-59,62-63H,1,4,6-8,19,21-23,25-27,30-31H2,2H3,(H,60,61)/t34-,37+,39-,40-,42+,43+,44-,45+,46+,47+,48-,50-,51-,52+/m0/s1. The van der Waals surface area contributed by atoms with Crippen LogP contribution in [-0.2, 0) is 33.5 Å². The van der Waals surface area contributed by atoms with Crippen LogP contribution in [0.4, 0.5) is 0 Å². The number of nitrogens with zero attached hydrogens (tertiary/aromatic N) is 2. The molecule has 0 spiro atoms. The lowest BCUT2D eigenvalue weighted by Gasteiger charge is -2.51. The molecule has 2 aromatic carbocycles. The average molecular weight is 925 g/mol. The number of hydrogen-bond acceptors (Lipinski definition) is 13. The number of ether oxygens (including phenoxy) is 4. The van der Waals surface area contributed by atoms with E-state index in [2.05, 4.69) is 24.7 Å². The quantitative estimate of drug-likeness (QED) is 0.0668. The SMILES string of the molecule is C=CCc1ccc(O[C@H]2O[C@H]3[C@@H](O)[C@H](O)[C@]2(O)C[C@H]([C@@H]2C=C[C@H]4C[C@H](Cc5ccc(C(=O)O)cc5)C[C@]4(O)C2)[C@@H](O)CC#CO[C@@H]3CCCO)cc1C[C@@H](COC)[C@@H](CO)n1ccc(C#N)c1. The maximum absolute atomic E-state index is 12.9. The Morgan fingerprint density at radius 3 is 2.55 bits per heavy atom. The minimum absolute atomic E-state index is 0.0727. The zero-order chi connectivity index (χ0) is 47.9. The molecule has 2 fully saturated rings. The molecule has 8 N–H and O–H groups in total. The van der Waals surface area contributed by atoms with Crippen molar-refractivity contribution in [2.75, 3.05) is 26.9 Å². The molecular formula is C52H64N2O13. The number of carbonyl (C=O) groups is 1. The third-order valence-electron chi connectivity index (χ3n) is 14.5. The molecule has 67 heavy (non-hydrogen) atoms. The van der Waals surface area contributed by atoms with Gasteiger partial charge in [0.2, 0.25) is 6.29 Å². The van der Waals surface area contributed by atoms with Gasteiger partial charge in [0.05, 0.1) is 42.1 Å². The molecule has 5 aliphatic rings. The van der Waals surface area contributed by atoms with Gasteiger partial charge >= 0.3 is 5.97 Å². The van der Waals surface area contributed by atoms with Gasteiger partial charge in [-0.25, -0.2) is 4.79 Å². The molecule has 360 valence electrons. The highest BCUT2D eigenvalue weighted by atomic mass is 16.7. The van der Waals surface area contributed by atoms with E-state index in [0.29, 0.717) is 37.7 Å². The van der Waals surface area contributed by atoms with Crippen LogP contribution in [0.3, 0.4) is 0 Å². The van der Waals surface area contributed by atoms with Crippen molar-refractivity contribution in [3.63, 3.8) is 0 Å². The van der Waals surface area contributed by atoms with E-state index in [-0.39, 0.29) is 81.0 Å².